The van der Waals surface area contributed by atoms with Crippen LogP contribution in [-0.4, -0.2) is 32.1 Å². The van der Waals surface area contributed by atoms with Gasteiger partial charge >= 0.3 is 7.12 Å². The summed E-state index contributed by atoms with van der Waals surface area (Å²) in [6, 6.07) is 100. The molecule has 15 aromatic rings. The average molecular weight is 1290 g/mol. The molecule has 10 nitrogen and oxygen atoms in total. The third kappa shape index (κ3) is 15.2. The molecule has 12 heteroatoms. The fourth-order valence-corrected chi connectivity index (χ4v) is 11.7. The van der Waals surface area contributed by atoms with Gasteiger partial charge in [0.2, 0.25) is 5.89 Å². The van der Waals surface area contributed by atoms with Gasteiger partial charge in [0.15, 0.2) is 17.0 Å². The highest BCUT2D eigenvalue weighted by Gasteiger charge is 2.18. The number of nitrogens with two attached hydrogens (primary N) is 1. The van der Waals surface area contributed by atoms with Gasteiger partial charge in [0.25, 0.3) is 0 Å². The molecule has 0 aliphatic rings. The van der Waals surface area contributed by atoms with Crippen molar-refractivity contribution in [3.63, 3.8) is 0 Å². The molecule has 0 radical (unpaired) electrons. The predicted octanol–water partition coefficient (Wildman–Crippen LogP) is 21.3. The van der Waals surface area contributed by atoms with Gasteiger partial charge in [-0.3, -0.25) is 9.97 Å². The summed E-state index contributed by atoms with van der Waals surface area (Å²) < 4.78 is 12.6. The van der Waals surface area contributed by atoms with Gasteiger partial charge in [-0.25, -0.2) is 14.7 Å². The number of nitrogen functional groups attached to an aromatic ring is 1. The first kappa shape index (κ1) is 64.0. The number of hydrogen-bond acceptors (Lipinski definition) is 8. The number of nitrogens with zero attached hydrogens (tertiary/aromatic N) is 5. The minimum absolute atomic E-state index is 0.384. The van der Waals surface area contributed by atoms with Crippen molar-refractivity contribution in [3.05, 3.63) is 362 Å². The van der Waals surface area contributed by atoms with E-state index in [0.29, 0.717) is 45.8 Å². The van der Waals surface area contributed by atoms with Gasteiger partial charge < -0.3 is 24.9 Å². The van der Waals surface area contributed by atoms with Crippen LogP contribution in [0.2, 0.25) is 5.02 Å². The molecular weight excluding hydrogens is 1230 g/mol. The smallest absolute Gasteiger partial charge is 0.487 e. The number of rotatable bonds is 14. The molecule has 0 saturated heterocycles. The lowest BCUT2D eigenvalue weighted by Gasteiger charge is -2.14. The van der Waals surface area contributed by atoms with E-state index in [2.05, 4.69) is 159 Å². The first-order chi connectivity index (χ1) is 48.1. The van der Waals surface area contributed by atoms with E-state index in [1.807, 2.05) is 146 Å². The number of ether oxygens (including phenoxy) is 1. The Morgan fingerprint density at radius 2 is 0.806 bits per heavy atom. The molecule has 4 N–H and O–H groups in total. The van der Waals surface area contributed by atoms with Crippen molar-refractivity contribution in [2.45, 2.75) is 6.61 Å². The summed E-state index contributed by atoms with van der Waals surface area (Å²) >= 11 is 6.44. The van der Waals surface area contributed by atoms with Crippen molar-refractivity contribution in [1.82, 2.24) is 15.0 Å². The van der Waals surface area contributed by atoms with Crippen LogP contribution in [0.3, 0.4) is 0 Å². The quantitative estimate of drug-likeness (QED) is 0.0556. The molecular formula is C86H60BClN6O4. The van der Waals surface area contributed by atoms with E-state index in [0.717, 1.165) is 111 Å². The van der Waals surface area contributed by atoms with Crippen LogP contribution in [0.1, 0.15) is 5.56 Å². The van der Waals surface area contributed by atoms with Gasteiger partial charge in [-0.15, -0.1) is 0 Å². The van der Waals surface area contributed by atoms with Crippen LogP contribution in [0.5, 0.6) is 5.75 Å². The van der Waals surface area contributed by atoms with Crippen molar-refractivity contribution < 1.29 is 19.2 Å². The number of oxazole rings is 1. The summed E-state index contributed by atoms with van der Waals surface area (Å²) in [7, 11) is -1.41. The summed E-state index contributed by atoms with van der Waals surface area (Å²) in [6.45, 7) is 15.0. The van der Waals surface area contributed by atoms with E-state index >= 15 is 0 Å². The van der Waals surface area contributed by atoms with Crippen molar-refractivity contribution in [2.24, 2.45) is 0 Å². The van der Waals surface area contributed by atoms with Crippen molar-refractivity contribution in [1.29, 1.82) is 0 Å². The fraction of sp³-hybridized carbons (Fsp3) is 0.0116. The third-order valence-corrected chi connectivity index (χ3v) is 16.9. The first-order valence-corrected chi connectivity index (χ1v) is 32.0. The highest BCUT2D eigenvalue weighted by atomic mass is 35.5. The van der Waals surface area contributed by atoms with Gasteiger partial charge in [-0.05, 0) is 155 Å². The van der Waals surface area contributed by atoms with Gasteiger partial charge in [0.05, 0.1) is 18.8 Å². The second kappa shape index (κ2) is 30.1. The third-order valence-electron chi connectivity index (χ3n) is 16.7. The molecule has 0 saturated carbocycles. The number of pyridine rings is 2. The summed E-state index contributed by atoms with van der Waals surface area (Å²) in [6.07, 6.45) is 7.15. The van der Waals surface area contributed by atoms with Crippen LogP contribution < -0.4 is 15.9 Å². The maximum Gasteiger partial charge on any atom is 0.488 e. The summed E-state index contributed by atoms with van der Waals surface area (Å²) in [5, 5.41) is 18.4. The zero-order valence-electron chi connectivity index (χ0n) is 52.9. The lowest BCUT2D eigenvalue weighted by molar-refractivity contribution is 0.308. The second-order valence-corrected chi connectivity index (χ2v) is 23.5. The molecule has 3 heterocycles. The molecule has 0 amide bonds. The molecule has 15 rings (SSSR count). The van der Waals surface area contributed by atoms with Crippen LogP contribution in [0.15, 0.2) is 333 Å². The Morgan fingerprint density at radius 1 is 0.398 bits per heavy atom. The lowest BCUT2D eigenvalue weighted by Crippen LogP contribution is -2.29. The van der Waals surface area contributed by atoms with Crippen LogP contribution in [-0.2, 0) is 6.61 Å². The first-order valence-electron chi connectivity index (χ1n) is 31.6. The number of hydrogen-bond donors (Lipinski definition) is 3. The van der Waals surface area contributed by atoms with Gasteiger partial charge in [0, 0.05) is 52.6 Å². The molecule has 468 valence electrons. The largest absolute Gasteiger partial charge is 0.488 e. The second-order valence-electron chi connectivity index (χ2n) is 23.1. The van der Waals surface area contributed by atoms with Crippen LogP contribution in [0.4, 0.5) is 17.1 Å². The van der Waals surface area contributed by atoms with Crippen molar-refractivity contribution in [3.8, 4) is 117 Å². The fourth-order valence-electron chi connectivity index (χ4n) is 11.5. The van der Waals surface area contributed by atoms with Crippen LogP contribution in [0, 0.1) is 13.1 Å². The Hall–Kier alpha value is -12.7. The summed E-state index contributed by atoms with van der Waals surface area (Å²) in [5.41, 5.74) is 31.2. The Bertz CT molecular complexity index is 5290. The number of fused-ring (bicyclic) bond motifs is 1. The molecule has 98 heavy (non-hydrogen) atoms. The van der Waals surface area contributed by atoms with Gasteiger partial charge in [-0.1, -0.05) is 254 Å². The Labute approximate surface area is 574 Å². The number of anilines is 1. The molecule has 0 spiro atoms. The lowest BCUT2D eigenvalue weighted by atomic mass is 9.80. The van der Waals surface area contributed by atoms with E-state index in [-0.39, 0.29) is 0 Å². The molecule has 3 aromatic heterocycles. The zero-order chi connectivity index (χ0) is 67.2. The molecule has 0 atom stereocenters. The van der Waals surface area contributed by atoms with E-state index < -0.39 is 7.12 Å². The standard InChI is InChI=1S/C43H27N3O.C32H23ClN2O.C11H10BNO2/c1-44-39-11-5-9-36(25-39)31-16-20-34(21-17-31)40-26-38(33-14-12-32(13-15-33)37-10-6-24-45-28-37)27-41-42(40)46-43(47-41)35-22-18-30(19-23-35)29-7-3-2-4-8-29;1-35-29-9-5-8-27(18-29)25-14-16-26(17-15-25)30-19-28(33)20-31(32(30)34)36-21-22-10-12-24(13-11-22)23-6-3-2-4-7-23;14-12(15)11-5-3-9(4-6-11)10-2-1-7-13-8-10/h2-28H;2-20H,21,34H2;1-8,14-15H. The van der Waals surface area contributed by atoms with E-state index in [1.54, 1.807) is 42.9 Å². The highest BCUT2D eigenvalue weighted by Crippen LogP contribution is 2.41. The number of aromatic nitrogens is 3. The average Bonchev–Trinajstić information content (AvgIpc) is 1.58. The summed E-state index contributed by atoms with van der Waals surface area (Å²) in [4.78, 5) is 20.4. The predicted molar refractivity (Wildman–Crippen MR) is 399 cm³/mol. The normalized spacial score (nSPS) is 10.7. The van der Waals surface area contributed by atoms with E-state index in [1.165, 1.54) is 11.1 Å². The van der Waals surface area contributed by atoms with E-state index in [9.17, 15) is 0 Å². The van der Waals surface area contributed by atoms with Crippen molar-refractivity contribution in [2.75, 3.05) is 5.73 Å². The van der Waals surface area contributed by atoms with Crippen molar-refractivity contribution >= 4 is 52.3 Å². The van der Waals surface area contributed by atoms with Gasteiger partial charge in [0.1, 0.15) is 17.9 Å². The van der Waals surface area contributed by atoms with Crippen LogP contribution in [0.25, 0.3) is 132 Å². The Kier molecular flexibility index (Phi) is 19.7. The molecule has 0 bridgehead atoms. The maximum atomic E-state index is 8.93. The summed E-state index contributed by atoms with van der Waals surface area (Å²) in [5.74, 6) is 1.14. The molecule has 12 aromatic carbocycles. The molecule has 0 unspecified atom stereocenters. The SMILES string of the molecule is OB(O)c1ccc(-c2cccnc2)cc1.[C-]#[N+]c1cccc(-c2ccc(-c3cc(-c4ccc(-c5cccnc5)cc4)cc4oc(-c5ccc(-c6ccccc6)cc5)nc34)cc2)c1.[C-]#[N+]c1cccc(-c2ccc(-c3cc(Cl)cc(OCc4ccc(-c5ccccc5)cc4)c3N)cc2)c1. The Balaban J connectivity index is 0.000000149. The van der Waals surface area contributed by atoms with Crippen LogP contribution >= 0.6 is 11.6 Å². The maximum absolute atomic E-state index is 8.93. The minimum Gasteiger partial charge on any atom is -0.487 e. The number of benzene rings is 12. The molecule has 0 aliphatic carbocycles. The van der Waals surface area contributed by atoms with Gasteiger partial charge in [-0.2, -0.15) is 0 Å². The Morgan fingerprint density at radius 3 is 1.29 bits per heavy atom. The monoisotopic (exact) mass is 1290 g/mol. The molecule has 0 fully saturated rings. The van der Waals surface area contributed by atoms with E-state index in [4.69, 9.17) is 54.7 Å². The number of halogens is 1. The minimum atomic E-state index is -1.41. The highest BCUT2D eigenvalue weighted by molar-refractivity contribution is 6.58. The topological polar surface area (TPSA) is 136 Å². The zero-order valence-corrected chi connectivity index (χ0v) is 53.6. The molecule has 0 aliphatic heterocycles.